The van der Waals surface area contributed by atoms with Gasteiger partial charge in [0.15, 0.2) is 0 Å². The number of para-hydroxylation sites is 1. The SMILES string of the molecule is Cl.Fc1cc(NC2CCNCC2)c2ccccc2n1. The molecule has 0 amide bonds. The predicted molar refractivity (Wildman–Crippen MR) is 78.5 cm³/mol. The molecule has 1 aromatic heterocycles. The van der Waals surface area contributed by atoms with Crippen molar-refractivity contribution >= 4 is 29.0 Å². The second-order valence-corrected chi connectivity index (χ2v) is 4.68. The Labute approximate surface area is 118 Å². The van der Waals surface area contributed by atoms with Crippen LogP contribution in [0.5, 0.6) is 0 Å². The van der Waals surface area contributed by atoms with Crippen molar-refractivity contribution in [2.75, 3.05) is 18.4 Å². The number of anilines is 1. The van der Waals surface area contributed by atoms with Crippen molar-refractivity contribution < 1.29 is 4.39 Å². The molecule has 0 unspecified atom stereocenters. The fraction of sp³-hybridized carbons (Fsp3) is 0.357. The smallest absolute Gasteiger partial charge is 0.215 e. The van der Waals surface area contributed by atoms with Gasteiger partial charge in [-0.3, -0.25) is 0 Å². The lowest BCUT2D eigenvalue weighted by molar-refractivity contribution is 0.479. The third-order valence-electron chi connectivity index (χ3n) is 3.38. The highest BCUT2D eigenvalue weighted by atomic mass is 35.5. The maximum absolute atomic E-state index is 13.5. The van der Waals surface area contributed by atoms with Crippen molar-refractivity contribution in [1.29, 1.82) is 0 Å². The van der Waals surface area contributed by atoms with E-state index < -0.39 is 5.95 Å². The number of piperidine rings is 1. The Bertz CT molecular complexity index is 555. The minimum Gasteiger partial charge on any atom is -0.382 e. The van der Waals surface area contributed by atoms with Crippen LogP contribution in [0.1, 0.15) is 12.8 Å². The van der Waals surface area contributed by atoms with Gasteiger partial charge in [-0.25, -0.2) is 4.98 Å². The molecule has 0 atom stereocenters. The molecule has 1 fully saturated rings. The van der Waals surface area contributed by atoms with Gasteiger partial charge in [0.1, 0.15) is 0 Å². The molecule has 5 heteroatoms. The first-order chi connectivity index (χ1) is 8.83. The average molecular weight is 282 g/mol. The maximum atomic E-state index is 13.5. The lowest BCUT2D eigenvalue weighted by Crippen LogP contribution is -2.35. The van der Waals surface area contributed by atoms with Crippen LogP contribution in [0, 0.1) is 5.95 Å². The van der Waals surface area contributed by atoms with Crippen LogP contribution in [-0.4, -0.2) is 24.1 Å². The minimum absolute atomic E-state index is 0. The Hall–Kier alpha value is -1.39. The summed E-state index contributed by atoms with van der Waals surface area (Å²) in [5, 5.41) is 7.75. The highest BCUT2D eigenvalue weighted by Gasteiger charge is 2.14. The van der Waals surface area contributed by atoms with Gasteiger partial charge in [0.05, 0.1) is 5.52 Å². The number of benzene rings is 1. The molecule has 1 aromatic carbocycles. The van der Waals surface area contributed by atoms with E-state index in [-0.39, 0.29) is 12.4 Å². The molecule has 102 valence electrons. The third-order valence-corrected chi connectivity index (χ3v) is 3.38. The topological polar surface area (TPSA) is 37.0 Å². The van der Waals surface area contributed by atoms with Gasteiger partial charge < -0.3 is 10.6 Å². The molecule has 19 heavy (non-hydrogen) atoms. The van der Waals surface area contributed by atoms with Crippen molar-refractivity contribution in [3.05, 3.63) is 36.3 Å². The Morgan fingerprint density at radius 2 is 1.95 bits per heavy atom. The summed E-state index contributed by atoms with van der Waals surface area (Å²) in [6, 6.07) is 9.55. The molecule has 1 saturated heterocycles. The van der Waals surface area contributed by atoms with Crippen molar-refractivity contribution in [2.45, 2.75) is 18.9 Å². The molecule has 0 radical (unpaired) electrons. The van der Waals surface area contributed by atoms with E-state index in [0.717, 1.165) is 37.0 Å². The maximum Gasteiger partial charge on any atom is 0.215 e. The summed E-state index contributed by atoms with van der Waals surface area (Å²) < 4.78 is 13.5. The number of halogens is 2. The molecule has 3 nitrogen and oxygen atoms in total. The fourth-order valence-electron chi connectivity index (χ4n) is 2.45. The Balaban J connectivity index is 0.00000133. The number of aromatic nitrogens is 1. The van der Waals surface area contributed by atoms with Gasteiger partial charge in [0, 0.05) is 23.2 Å². The van der Waals surface area contributed by atoms with Crippen molar-refractivity contribution in [1.82, 2.24) is 10.3 Å². The van der Waals surface area contributed by atoms with Crippen molar-refractivity contribution in [2.24, 2.45) is 0 Å². The van der Waals surface area contributed by atoms with Crippen LogP contribution >= 0.6 is 12.4 Å². The number of nitrogens with zero attached hydrogens (tertiary/aromatic N) is 1. The van der Waals surface area contributed by atoms with Crippen LogP contribution in [0.15, 0.2) is 30.3 Å². The van der Waals surface area contributed by atoms with Crippen LogP contribution in [-0.2, 0) is 0 Å². The first kappa shape index (κ1) is 14.0. The summed E-state index contributed by atoms with van der Waals surface area (Å²) >= 11 is 0. The van der Waals surface area contributed by atoms with E-state index in [1.54, 1.807) is 0 Å². The Morgan fingerprint density at radius 3 is 2.74 bits per heavy atom. The van der Waals surface area contributed by atoms with Gasteiger partial charge >= 0.3 is 0 Å². The summed E-state index contributed by atoms with van der Waals surface area (Å²) in [4.78, 5) is 3.91. The van der Waals surface area contributed by atoms with Gasteiger partial charge in [-0.15, -0.1) is 12.4 Å². The van der Waals surface area contributed by atoms with Crippen molar-refractivity contribution in [3.63, 3.8) is 0 Å². The molecule has 3 rings (SSSR count). The summed E-state index contributed by atoms with van der Waals surface area (Å²) in [5.74, 6) is -0.426. The molecule has 0 saturated carbocycles. The summed E-state index contributed by atoms with van der Waals surface area (Å²) in [6.45, 7) is 2.03. The quantitative estimate of drug-likeness (QED) is 0.831. The molecule has 1 aliphatic heterocycles. The number of rotatable bonds is 2. The predicted octanol–water partition coefficient (Wildman–Crippen LogP) is 2.96. The average Bonchev–Trinajstić information content (AvgIpc) is 2.40. The molecule has 0 bridgehead atoms. The standard InChI is InChI=1S/C14H16FN3.ClH/c15-14-9-13(17-10-5-7-16-8-6-10)11-3-1-2-4-12(11)18-14;/h1-4,9-10,16H,5-8H2,(H,17,18);1H. The first-order valence-corrected chi connectivity index (χ1v) is 6.35. The van der Waals surface area contributed by atoms with E-state index in [2.05, 4.69) is 15.6 Å². The summed E-state index contributed by atoms with van der Waals surface area (Å²) in [7, 11) is 0. The van der Waals surface area contributed by atoms with Crippen molar-refractivity contribution in [3.8, 4) is 0 Å². The molecule has 2 N–H and O–H groups in total. The summed E-state index contributed by atoms with van der Waals surface area (Å²) in [6.07, 6.45) is 2.14. The van der Waals surface area contributed by atoms with Crippen LogP contribution in [0.2, 0.25) is 0 Å². The second-order valence-electron chi connectivity index (χ2n) is 4.68. The molecule has 2 heterocycles. The van der Waals surface area contributed by atoms with Gasteiger partial charge in [-0.2, -0.15) is 4.39 Å². The molecule has 1 aliphatic rings. The minimum atomic E-state index is -0.426. The lowest BCUT2D eigenvalue weighted by atomic mass is 10.1. The van der Waals surface area contributed by atoms with Gasteiger partial charge in [0.2, 0.25) is 5.95 Å². The van der Waals surface area contributed by atoms with Crippen LogP contribution in [0.25, 0.3) is 10.9 Å². The normalized spacial score (nSPS) is 16.1. The number of hydrogen-bond donors (Lipinski definition) is 2. The monoisotopic (exact) mass is 281 g/mol. The van der Waals surface area contributed by atoms with Crippen LogP contribution in [0.3, 0.4) is 0 Å². The molecule has 0 spiro atoms. The zero-order chi connectivity index (χ0) is 12.4. The van der Waals surface area contributed by atoms with E-state index in [4.69, 9.17) is 0 Å². The number of nitrogens with one attached hydrogen (secondary N) is 2. The van der Waals surface area contributed by atoms with E-state index in [1.165, 1.54) is 6.07 Å². The number of hydrogen-bond acceptors (Lipinski definition) is 3. The van der Waals surface area contributed by atoms with Gasteiger partial charge in [-0.05, 0) is 32.0 Å². The van der Waals surface area contributed by atoms with Gasteiger partial charge in [0.25, 0.3) is 0 Å². The fourth-order valence-corrected chi connectivity index (χ4v) is 2.45. The summed E-state index contributed by atoms with van der Waals surface area (Å²) in [5.41, 5.74) is 1.55. The van der Waals surface area contributed by atoms with E-state index >= 15 is 0 Å². The van der Waals surface area contributed by atoms with Crippen LogP contribution in [0.4, 0.5) is 10.1 Å². The molecule has 0 aliphatic carbocycles. The van der Waals surface area contributed by atoms with E-state index in [9.17, 15) is 4.39 Å². The Kier molecular flexibility index (Phi) is 4.56. The highest BCUT2D eigenvalue weighted by Crippen LogP contribution is 2.24. The van der Waals surface area contributed by atoms with E-state index in [1.807, 2.05) is 24.3 Å². The van der Waals surface area contributed by atoms with Gasteiger partial charge in [-0.1, -0.05) is 18.2 Å². The Morgan fingerprint density at radius 1 is 1.21 bits per heavy atom. The zero-order valence-electron chi connectivity index (χ0n) is 10.5. The lowest BCUT2D eigenvalue weighted by Gasteiger charge is -2.25. The van der Waals surface area contributed by atoms with Crippen LogP contribution < -0.4 is 10.6 Å². The zero-order valence-corrected chi connectivity index (χ0v) is 11.3. The largest absolute Gasteiger partial charge is 0.382 e. The number of pyridine rings is 1. The van der Waals surface area contributed by atoms with E-state index in [0.29, 0.717) is 11.6 Å². The molecular weight excluding hydrogens is 265 g/mol. The molecular formula is C14H17ClFN3. The highest BCUT2D eigenvalue weighted by molar-refractivity contribution is 5.91. The second kappa shape index (κ2) is 6.17. The third kappa shape index (κ3) is 3.14. The first-order valence-electron chi connectivity index (χ1n) is 6.35. The number of fused-ring (bicyclic) bond motifs is 1. The molecule has 2 aromatic rings.